The van der Waals surface area contributed by atoms with Crippen molar-refractivity contribution in [3.8, 4) is 0 Å². The SMILES string of the molecule is CC(C)CNC(=O)[C@H](C)OC(=O)[C@@H]1CS[C@@]2(c3ccccc3)CCC(=O)N12. The summed E-state index contributed by atoms with van der Waals surface area (Å²) in [6.45, 7) is 6.08. The van der Waals surface area contributed by atoms with E-state index in [2.05, 4.69) is 5.32 Å². The Bertz CT molecular complexity index is 724. The zero-order chi connectivity index (χ0) is 19.6. The van der Waals surface area contributed by atoms with Crippen molar-refractivity contribution in [3.05, 3.63) is 35.9 Å². The maximum atomic E-state index is 12.8. The first-order chi connectivity index (χ1) is 12.8. The Labute approximate surface area is 164 Å². The fourth-order valence-corrected chi connectivity index (χ4v) is 5.21. The molecule has 0 aromatic heterocycles. The van der Waals surface area contributed by atoms with Gasteiger partial charge in [0.05, 0.1) is 0 Å². The number of carbonyl (C=O) groups is 3. The van der Waals surface area contributed by atoms with Gasteiger partial charge in [0.25, 0.3) is 5.91 Å². The molecule has 6 nitrogen and oxygen atoms in total. The second kappa shape index (κ2) is 7.92. The van der Waals surface area contributed by atoms with Gasteiger partial charge in [-0.1, -0.05) is 44.2 Å². The number of benzene rings is 1. The average Bonchev–Trinajstić information content (AvgIpc) is 3.19. The fourth-order valence-electron chi connectivity index (χ4n) is 3.57. The van der Waals surface area contributed by atoms with Crippen molar-refractivity contribution in [3.63, 3.8) is 0 Å². The van der Waals surface area contributed by atoms with Crippen LogP contribution in [0.4, 0.5) is 0 Å². The molecule has 3 atom stereocenters. The van der Waals surface area contributed by atoms with E-state index >= 15 is 0 Å². The topological polar surface area (TPSA) is 75.7 Å². The summed E-state index contributed by atoms with van der Waals surface area (Å²) in [5.41, 5.74) is 1.03. The summed E-state index contributed by atoms with van der Waals surface area (Å²) in [6, 6.07) is 9.15. The number of thioether (sulfide) groups is 1. The van der Waals surface area contributed by atoms with Gasteiger partial charge in [-0.3, -0.25) is 9.59 Å². The van der Waals surface area contributed by atoms with Crippen LogP contribution in [0.3, 0.4) is 0 Å². The first kappa shape index (κ1) is 19.7. The summed E-state index contributed by atoms with van der Waals surface area (Å²) in [5.74, 6) is -0.0770. The monoisotopic (exact) mass is 390 g/mol. The van der Waals surface area contributed by atoms with Crippen molar-refractivity contribution in [1.82, 2.24) is 10.2 Å². The molecule has 0 radical (unpaired) electrons. The molecule has 2 fully saturated rings. The number of nitrogens with one attached hydrogen (secondary N) is 1. The van der Waals surface area contributed by atoms with E-state index in [0.29, 0.717) is 31.1 Å². The maximum absolute atomic E-state index is 12.8. The van der Waals surface area contributed by atoms with Gasteiger partial charge in [0.1, 0.15) is 10.9 Å². The lowest BCUT2D eigenvalue weighted by molar-refractivity contribution is -0.161. The zero-order valence-electron chi connectivity index (χ0n) is 15.9. The lowest BCUT2D eigenvalue weighted by Crippen LogP contribution is -2.48. The van der Waals surface area contributed by atoms with Crippen LogP contribution in [0.2, 0.25) is 0 Å². The number of fused-ring (bicyclic) bond motifs is 1. The molecule has 0 unspecified atom stereocenters. The van der Waals surface area contributed by atoms with Gasteiger partial charge >= 0.3 is 5.97 Å². The molecular weight excluding hydrogens is 364 g/mol. The van der Waals surface area contributed by atoms with Gasteiger partial charge < -0.3 is 15.0 Å². The second-order valence-electron chi connectivity index (χ2n) is 7.46. The van der Waals surface area contributed by atoms with Crippen LogP contribution >= 0.6 is 11.8 Å². The van der Waals surface area contributed by atoms with E-state index in [-0.39, 0.29) is 11.8 Å². The normalized spacial score (nSPS) is 25.4. The molecule has 1 aromatic carbocycles. The third-order valence-electron chi connectivity index (χ3n) is 4.97. The Hall–Kier alpha value is -2.02. The number of nitrogens with zero attached hydrogens (tertiary/aromatic N) is 1. The molecular formula is C20H26N2O4S. The largest absolute Gasteiger partial charge is 0.451 e. The highest BCUT2D eigenvalue weighted by Crippen LogP contribution is 2.54. The second-order valence-corrected chi connectivity index (χ2v) is 8.76. The van der Waals surface area contributed by atoms with Gasteiger partial charge in [-0.2, -0.15) is 0 Å². The van der Waals surface area contributed by atoms with Crippen molar-refractivity contribution < 1.29 is 19.1 Å². The van der Waals surface area contributed by atoms with Crippen LogP contribution in [0.5, 0.6) is 0 Å². The lowest BCUT2D eigenvalue weighted by Gasteiger charge is -2.33. The first-order valence-corrected chi connectivity index (χ1v) is 10.3. The molecule has 0 bridgehead atoms. The van der Waals surface area contributed by atoms with Gasteiger partial charge in [0, 0.05) is 18.7 Å². The molecule has 0 saturated carbocycles. The molecule has 3 rings (SSSR count). The number of amides is 2. The van der Waals surface area contributed by atoms with Crippen molar-refractivity contribution in [2.75, 3.05) is 12.3 Å². The molecule has 2 aliphatic heterocycles. The number of rotatable bonds is 6. The smallest absolute Gasteiger partial charge is 0.330 e. The Balaban J connectivity index is 1.71. The highest BCUT2D eigenvalue weighted by atomic mass is 32.2. The average molecular weight is 391 g/mol. The molecule has 1 N–H and O–H groups in total. The number of carbonyl (C=O) groups excluding carboxylic acids is 3. The Morgan fingerprint density at radius 2 is 2.00 bits per heavy atom. The minimum atomic E-state index is -0.884. The van der Waals surface area contributed by atoms with Crippen molar-refractivity contribution in [2.45, 2.75) is 50.6 Å². The van der Waals surface area contributed by atoms with E-state index in [1.165, 1.54) is 0 Å². The maximum Gasteiger partial charge on any atom is 0.330 e. The van der Waals surface area contributed by atoms with Crippen LogP contribution in [0, 0.1) is 5.92 Å². The van der Waals surface area contributed by atoms with Gasteiger partial charge in [-0.05, 0) is 24.8 Å². The predicted octanol–water partition coefficient (Wildman–Crippen LogP) is 2.28. The molecule has 27 heavy (non-hydrogen) atoms. The molecule has 2 aliphatic rings. The van der Waals surface area contributed by atoms with Crippen LogP contribution in [-0.2, 0) is 24.0 Å². The molecule has 0 aliphatic carbocycles. The van der Waals surface area contributed by atoms with Crippen molar-refractivity contribution in [1.29, 1.82) is 0 Å². The van der Waals surface area contributed by atoms with Crippen molar-refractivity contribution >= 4 is 29.5 Å². The zero-order valence-corrected chi connectivity index (χ0v) is 16.8. The number of hydrogen-bond acceptors (Lipinski definition) is 5. The number of hydrogen-bond donors (Lipinski definition) is 1. The van der Waals surface area contributed by atoms with Gasteiger partial charge in [-0.15, -0.1) is 11.8 Å². The summed E-state index contributed by atoms with van der Waals surface area (Å²) in [7, 11) is 0. The molecule has 7 heteroatoms. The fraction of sp³-hybridized carbons (Fsp3) is 0.550. The van der Waals surface area contributed by atoms with E-state index in [1.54, 1.807) is 23.6 Å². The van der Waals surface area contributed by atoms with Crippen LogP contribution in [-0.4, -0.2) is 47.1 Å². The third-order valence-corrected chi connectivity index (χ3v) is 6.57. The standard InChI is InChI=1S/C20H26N2O4S/c1-13(2)11-21-18(24)14(3)26-19(25)16-12-27-20(10-9-17(23)22(16)20)15-7-5-4-6-8-15/h4-8,13-14,16H,9-12H2,1-3H3,(H,21,24)/t14-,16-,20+/m0/s1. The first-order valence-electron chi connectivity index (χ1n) is 9.35. The summed E-state index contributed by atoms with van der Waals surface area (Å²) in [5, 5.41) is 2.76. The summed E-state index contributed by atoms with van der Waals surface area (Å²) in [6.07, 6.45) is 0.204. The number of esters is 1. The molecule has 2 saturated heterocycles. The summed E-state index contributed by atoms with van der Waals surface area (Å²) >= 11 is 1.61. The van der Waals surface area contributed by atoms with Crippen molar-refractivity contribution in [2.24, 2.45) is 5.92 Å². The van der Waals surface area contributed by atoms with Crippen LogP contribution in [0.25, 0.3) is 0 Å². The molecule has 2 heterocycles. The van der Waals surface area contributed by atoms with Crippen LogP contribution < -0.4 is 5.32 Å². The number of ether oxygens (including phenoxy) is 1. The minimum Gasteiger partial charge on any atom is -0.451 e. The predicted molar refractivity (Wildman–Crippen MR) is 104 cm³/mol. The minimum absolute atomic E-state index is 0.0392. The Morgan fingerprint density at radius 3 is 2.67 bits per heavy atom. The highest BCUT2D eigenvalue weighted by molar-refractivity contribution is 8.00. The van der Waals surface area contributed by atoms with Gasteiger partial charge in [0.2, 0.25) is 5.91 Å². The summed E-state index contributed by atoms with van der Waals surface area (Å²) < 4.78 is 5.41. The van der Waals surface area contributed by atoms with Gasteiger partial charge in [0.15, 0.2) is 6.10 Å². The quantitative estimate of drug-likeness (QED) is 0.754. The Morgan fingerprint density at radius 1 is 1.30 bits per heavy atom. The van der Waals surface area contributed by atoms with E-state index < -0.39 is 23.0 Å². The molecule has 0 spiro atoms. The third kappa shape index (κ3) is 3.83. The van der Waals surface area contributed by atoms with Gasteiger partial charge in [-0.25, -0.2) is 4.79 Å². The van der Waals surface area contributed by atoms with E-state index in [1.807, 2.05) is 44.2 Å². The Kier molecular flexibility index (Phi) is 5.79. The van der Waals surface area contributed by atoms with E-state index in [9.17, 15) is 14.4 Å². The lowest BCUT2D eigenvalue weighted by atomic mass is 10.0. The molecule has 2 amide bonds. The van der Waals surface area contributed by atoms with E-state index in [0.717, 1.165) is 5.56 Å². The highest BCUT2D eigenvalue weighted by Gasteiger charge is 2.57. The molecule has 146 valence electrons. The van der Waals surface area contributed by atoms with Crippen LogP contribution in [0.15, 0.2) is 30.3 Å². The van der Waals surface area contributed by atoms with Crippen LogP contribution in [0.1, 0.15) is 39.2 Å². The summed E-state index contributed by atoms with van der Waals surface area (Å²) in [4.78, 5) is 38.6. The van der Waals surface area contributed by atoms with E-state index in [4.69, 9.17) is 4.74 Å². The molecule has 1 aromatic rings.